The molecule has 0 aliphatic heterocycles. The lowest BCUT2D eigenvalue weighted by atomic mass is 10.1. The highest BCUT2D eigenvalue weighted by Gasteiger charge is 2.37. The molecule has 282 valence electrons. The fourth-order valence-corrected chi connectivity index (χ4v) is 7.26. The van der Waals surface area contributed by atoms with Crippen LogP contribution in [0.5, 0.6) is 11.5 Å². The van der Waals surface area contributed by atoms with Crippen LogP contribution in [0.2, 0.25) is 0 Å². The fraction of sp³-hybridized carbons (Fsp3) is 0.500. The van der Waals surface area contributed by atoms with Crippen molar-refractivity contribution >= 4 is 42.0 Å². The van der Waals surface area contributed by atoms with Crippen LogP contribution in [-0.2, 0) is 29.4 Å². The molecule has 14 nitrogen and oxygen atoms in total. The number of carbonyl (C=O) groups is 1. The van der Waals surface area contributed by atoms with Crippen LogP contribution in [0.3, 0.4) is 0 Å². The average Bonchev–Trinajstić information content (AvgIpc) is 3.79. The molecule has 4 aromatic rings. The highest BCUT2D eigenvalue weighted by atomic mass is 31.2. The number of carbonyl (C=O) groups excluding carboxylic acids is 1. The van der Waals surface area contributed by atoms with Gasteiger partial charge in [-0.15, -0.1) is 0 Å². The van der Waals surface area contributed by atoms with Crippen LogP contribution in [0, 0.1) is 11.7 Å². The first-order valence-corrected chi connectivity index (χ1v) is 18.8. The van der Waals surface area contributed by atoms with E-state index in [2.05, 4.69) is 36.1 Å². The summed E-state index contributed by atoms with van der Waals surface area (Å²) in [7, 11) is -2.21. The average molecular weight is 742 g/mol. The number of phosphoric ester groups is 1. The summed E-state index contributed by atoms with van der Waals surface area (Å²) in [4.78, 5) is 21.3. The van der Waals surface area contributed by atoms with Crippen molar-refractivity contribution in [3.8, 4) is 11.5 Å². The minimum Gasteiger partial charge on any atom is -0.493 e. The second-order valence-electron chi connectivity index (χ2n) is 14.6. The number of halogens is 1. The Morgan fingerprint density at radius 2 is 1.77 bits per heavy atom. The fourth-order valence-electron chi connectivity index (χ4n) is 5.46. The lowest BCUT2D eigenvalue weighted by molar-refractivity contribution is -0.115. The molecule has 0 saturated heterocycles. The van der Waals surface area contributed by atoms with E-state index in [1.165, 1.54) is 24.5 Å². The Labute approximate surface area is 303 Å². The van der Waals surface area contributed by atoms with Crippen molar-refractivity contribution in [3.63, 3.8) is 0 Å². The summed E-state index contributed by atoms with van der Waals surface area (Å²) >= 11 is 0. The number of fused-ring (bicyclic) bond motifs is 1. The van der Waals surface area contributed by atoms with Crippen LogP contribution in [-0.4, -0.2) is 70.2 Å². The number of rotatable bonds is 18. The minimum absolute atomic E-state index is 0.00995. The van der Waals surface area contributed by atoms with Gasteiger partial charge in [0.1, 0.15) is 18.0 Å². The minimum atomic E-state index is -3.78. The Bertz CT molecular complexity index is 1850. The second kappa shape index (κ2) is 16.7. The van der Waals surface area contributed by atoms with E-state index in [-0.39, 0.29) is 25.0 Å². The Morgan fingerprint density at radius 1 is 1.02 bits per heavy atom. The number of methoxy groups -OCH3 is 1. The smallest absolute Gasteiger partial charge is 0.475 e. The summed E-state index contributed by atoms with van der Waals surface area (Å²) in [6.45, 7) is 11.9. The third kappa shape index (κ3) is 12.0. The van der Waals surface area contributed by atoms with E-state index in [0.29, 0.717) is 64.5 Å². The Morgan fingerprint density at radius 3 is 2.44 bits per heavy atom. The maximum atomic E-state index is 13.5. The zero-order chi connectivity index (χ0) is 37.5. The second-order valence-corrected chi connectivity index (χ2v) is 16.1. The number of benzene rings is 2. The summed E-state index contributed by atoms with van der Waals surface area (Å²) in [6, 6.07) is 11.2. The van der Waals surface area contributed by atoms with Gasteiger partial charge in [-0.25, -0.2) is 18.9 Å². The van der Waals surface area contributed by atoms with Gasteiger partial charge in [-0.2, -0.15) is 5.10 Å². The quantitative estimate of drug-likeness (QED) is 0.0593. The molecule has 1 aliphatic carbocycles. The topological polar surface area (TPSA) is 171 Å². The molecule has 1 aliphatic rings. The highest BCUT2D eigenvalue weighted by molar-refractivity contribution is 7.48. The zero-order valence-electron chi connectivity index (χ0n) is 30.7. The van der Waals surface area contributed by atoms with Gasteiger partial charge in [-0.3, -0.25) is 23.5 Å². The van der Waals surface area contributed by atoms with Crippen molar-refractivity contribution in [3.05, 3.63) is 60.3 Å². The van der Waals surface area contributed by atoms with Crippen LogP contribution in [0.15, 0.2) is 48.8 Å². The first-order chi connectivity index (χ1) is 24.6. The van der Waals surface area contributed by atoms with Gasteiger partial charge in [0.2, 0.25) is 5.91 Å². The molecule has 1 saturated carbocycles. The number of phosphoric acid groups is 1. The number of amides is 1. The van der Waals surface area contributed by atoms with Gasteiger partial charge in [0, 0.05) is 41.5 Å². The van der Waals surface area contributed by atoms with Crippen molar-refractivity contribution in [1.29, 1.82) is 0 Å². The molecule has 1 atom stereocenters. The number of aromatic nitrogens is 4. The third-order valence-electron chi connectivity index (χ3n) is 7.66. The zero-order valence-corrected chi connectivity index (χ0v) is 31.6. The maximum Gasteiger partial charge on any atom is 0.475 e. The Balaban J connectivity index is 1.16. The van der Waals surface area contributed by atoms with Gasteiger partial charge in [0.05, 0.1) is 43.5 Å². The molecule has 1 amide bonds. The van der Waals surface area contributed by atoms with E-state index < -0.39 is 24.8 Å². The summed E-state index contributed by atoms with van der Waals surface area (Å²) < 4.78 is 55.9. The van der Waals surface area contributed by atoms with Gasteiger partial charge < -0.3 is 25.4 Å². The standard InChI is InChI=1S/C36H49FN7O7P/c1-35(2,3)50-52(46,51-36(4,5)6)49-16-14-38-28(23-11-12-23)13-15-48-31-21-29-27(20-30(31)47-7)34(40-22-39-29)42-32-18-26(43-44-32)19-33(45)41-25-10-8-9-24(37)17-25/h8-10,17-18,20-23,28,38H,11-16,19H2,1-7H3,(H,41,45)(H2,39,40,42,43,44). The van der Waals surface area contributed by atoms with Crippen LogP contribution in [0.25, 0.3) is 10.9 Å². The van der Waals surface area contributed by atoms with Crippen LogP contribution in [0.4, 0.5) is 21.7 Å². The normalized spacial score (nSPS) is 14.3. The molecule has 2 heterocycles. The van der Waals surface area contributed by atoms with Gasteiger partial charge in [0.25, 0.3) is 0 Å². The monoisotopic (exact) mass is 741 g/mol. The lowest BCUT2D eigenvalue weighted by Gasteiger charge is -2.31. The molecule has 16 heteroatoms. The molecule has 5 rings (SSSR count). The largest absolute Gasteiger partial charge is 0.493 e. The number of hydrogen-bond acceptors (Lipinski definition) is 12. The van der Waals surface area contributed by atoms with E-state index in [9.17, 15) is 13.8 Å². The Hall–Kier alpha value is -4.14. The van der Waals surface area contributed by atoms with Gasteiger partial charge in [0.15, 0.2) is 17.3 Å². The molecule has 1 fully saturated rings. The molecule has 0 spiro atoms. The number of nitrogens with zero attached hydrogens (tertiary/aromatic N) is 3. The molecular weight excluding hydrogens is 692 g/mol. The molecule has 52 heavy (non-hydrogen) atoms. The van der Waals surface area contributed by atoms with E-state index in [0.717, 1.165) is 19.3 Å². The summed E-state index contributed by atoms with van der Waals surface area (Å²) in [5.74, 6) is 1.77. The molecule has 0 radical (unpaired) electrons. The molecule has 4 N–H and O–H groups in total. The summed E-state index contributed by atoms with van der Waals surface area (Å²) in [5.41, 5.74) is 0.157. The van der Waals surface area contributed by atoms with Gasteiger partial charge in [-0.1, -0.05) is 6.07 Å². The summed E-state index contributed by atoms with van der Waals surface area (Å²) in [6.07, 6.45) is 4.44. The van der Waals surface area contributed by atoms with Crippen molar-refractivity contribution < 1.29 is 36.8 Å². The third-order valence-corrected chi connectivity index (χ3v) is 9.71. The first kappa shape index (κ1) is 39.1. The van der Waals surface area contributed by atoms with Crippen LogP contribution >= 0.6 is 7.82 Å². The number of H-pyrrole nitrogens is 1. The summed E-state index contributed by atoms with van der Waals surface area (Å²) in [5, 5.41) is 17.2. The highest BCUT2D eigenvalue weighted by Crippen LogP contribution is 2.55. The number of anilines is 3. The predicted octanol–water partition coefficient (Wildman–Crippen LogP) is 7.32. The molecule has 1 unspecified atom stereocenters. The number of hydrogen-bond donors (Lipinski definition) is 4. The number of nitrogens with one attached hydrogen (secondary N) is 4. The van der Waals surface area contributed by atoms with E-state index in [1.807, 2.05) is 47.6 Å². The van der Waals surface area contributed by atoms with E-state index in [4.69, 9.17) is 23.0 Å². The Kier molecular flexibility index (Phi) is 12.5. The molecule has 2 aromatic heterocycles. The molecular formula is C36H49FN7O7P. The van der Waals surface area contributed by atoms with Crippen molar-refractivity contribution in [1.82, 2.24) is 25.5 Å². The van der Waals surface area contributed by atoms with E-state index >= 15 is 0 Å². The van der Waals surface area contributed by atoms with Crippen LogP contribution in [0.1, 0.15) is 66.5 Å². The van der Waals surface area contributed by atoms with Crippen LogP contribution < -0.4 is 25.4 Å². The molecule has 0 bridgehead atoms. The lowest BCUT2D eigenvalue weighted by Crippen LogP contribution is -2.35. The number of ether oxygens (including phenoxy) is 2. The predicted molar refractivity (Wildman–Crippen MR) is 197 cm³/mol. The maximum absolute atomic E-state index is 13.5. The van der Waals surface area contributed by atoms with Crippen molar-refractivity contribution in [2.75, 3.05) is 37.5 Å². The SMILES string of the molecule is COc1cc2c(Nc3cc(CC(=O)Nc4cccc(F)c4)[nH]n3)ncnc2cc1OCCC(NCCOP(=O)(OC(C)(C)C)OC(C)(C)C)C1CC1. The van der Waals surface area contributed by atoms with E-state index in [1.54, 1.807) is 25.3 Å². The first-order valence-electron chi connectivity index (χ1n) is 17.3. The van der Waals surface area contributed by atoms with Gasteiger partial charge in [-0.05, 0) is 91.0 Å². The molecule has 2 aromatic carbocycles. The van der Waals surface area contributed by atoms with Crippen molar-refractivity contribution in [2.45, 2.75) is 84.5 Å². The van der Waals surface area contributed by atoms with Crippen molar-refractivity contribution in [2.24, 2.45) is 5.92 Å². The number of aromatic amines is 1. The van der Waals surface area contributed by atoms with Gasteiger partial charge >= 0.3 is 7.82 Å².